The molecule has 0 radical (unpaired) electrons. The average molecular weight is 702 g/mol. The van der Waals surface area contributed by atoms with Crippen molar-refractivity contribution >= 4 is 39.1 Å². The fourth-order valence-electron chi connectivity index (χ4n) is 6.37. The molecule has 1 fully saturated rings. The van der Waals surface area contributed by atoms with Crippen LogP contribution in [0, 0.1) is 0 Å². The first-order valence-electron chi connectivity index (χ1n) is 16.6. The Kier molecular flexibility index (Phi) is 11.1. The lowest BCUT2D eigenvalue weighted by Gasteiger charge is -2.35. The summed E-state index contributed by atoms with van der Waals surface area (Å²) < 4.78 is 41.1. The zero-order chi connectivity index (χ0) is 34.2. The average Bonchev–Trinajstić information content (AvgIpc) is 3.13. The summed E-state index contributed by atoms with van der Waals surface area (Å²) in [6.45, 7) is 0.154. The highest BCUT2D eigenvalue weighted by atomic mass is 35.5. The van der Waals surface area contributed by atoms with E-state index in [2.05, 4.69) is 5.32 Å². The van der Waals surface area contributed by atoms with E-state index < -0.39 is 28.5 Å². The molecule has 2 amide bonds. The molecule has 1 aliphatic heterocycles. The van der Waals surface area contributed by atoms with Crippen LogP contribution >= 0.6 is 11.6 Å². The van der Waals surface area contributed by atoms with Gasteiger partial charge in [-0.3, -0.25) is 13.9 Å². The molecular weight excluding hydrogens is 662 g/mol. The van der Waals surface area contributed by atoms with Crippen LogP contribution in [0.4, 0.5) is 5.69 Å². The third-order valence-electron chi connectivity index (χ3n) is 8.89. The number of nitrogens with one attached hydrogen (secondary N) is 1. The molecule has 9 nitrogen and oxygen atoms in total. The van der Waals surface area contributed by atoms with Gasteiger partial charge in [-0.15, -0.1) is 0 Å². The molecule has 1 heterocycles. The Morgan fingerprint density at radius 2 is 1.47 bits per heavy atom. The molecular formula is C38H40ClN3O6S. The number of ether oxygens (including phenoxy) is 2. The van der Waals surface area contributed by atoms with Gasteiger partial charge in [-0.05, 0) is 60.4 Å². The van der Waals surface area contributed by atoms with E-state index in [9.17, 15) is 18.0 Å². The summed E-state index contributed by atoms with van der Waals surface area (Å²) in [5.41, 5.74) is 1.81. The second-order valence-electron chi connectivity index (χ2n) is 12.4. The van der Waals surface area contributed by atoms with Crippen molar-refractivity contribution in [2.75, 3.05) is 24.1 Å². The van der Waals surface area contributed by atoms with Gasteiger partial charge in [0.2, 0.25) is 11.8 Å². The van der Waals surface area contributed by atoms with Gasteiger partial charge >= 0.3 is 0 Å². The van der Waals surface area contributed by atoms with Crippen molar-refractivity contribution in [1.82, 2.24) is 10.2 Å². The van der Waals surface area contributed by atoms with Crippen LogP contribution in [-0.2, 0) is 32.6 Å². The smallest absolute Gasteiger partial charge is 0.264 e. The number of fused-ring (bicyclic) bond motifs is 1. The van der Waals surface area contributed by atoms with Gasteiger partial charge in [0.25, 0.3) is 10.0 Å². The van der Waals surface area contributed by atoms with E-state index in [1.54, 1.807) is 54.6 Å². The minimum Gasteiger partial charge on any atom is -0.486 e. The molecule has 4 aromatic rings. The third-order valence-corrected chi connectivity index (χ3v) is 10.9. The fourth-order valence-corrected chi connectivity index (χ4v) is 8.01. The number of benzene rings is 4. The summed E-state index contributed by atoms with van der Waals surface area (Å²) in [4.78, 5) is 30.5. The minimum atomic E-state index is -4.25. The lowest BCUT2D eigenvalue weighted by atomic mass is 9.94. The standard InChI is InChI=1S/C38H40ClN3O6S/c39-30-14-10-13-29(23-30)26-41(34(24-28-11-4-1-5-12-28)38(44)40-31-15-6-2-7-16-31)37(43)27-42(49(45,46)33-17-8-3-9-18-33)32-19-20-35-36(25-32)48-22-21-47-35/h1,3-5,8-14,17-20,23,25,31,34H,2,6-7,15-16,21-22,24,26-27H2,(H,40,44)/t34-/m0/s1. The largest absolute Gasteiger partial charge is 0.486 e. The van der Waals surface area contributed by atoms with E-state index in [0.29, 0.717) is 35.3 Å². The molecule has 1 saturated carbocycles. The number of halogens is 1. The zero-order valence-electron chi connectivity index (χ0n) is 27.2. The maximum absolute atomic E-state index is 14.8. The number of carbonyl (C=O) groups is 2. The Morgan fingerprint density at radius 3 is 2.18 bits per heavy atom. The number of nitrogens with zero attached hydrogens (tertiary/aromatic N) is 2. The summed E-state index contributed by atoms with van der Waals surface area (Å²) >= 11 is 6.37. The topological polar surface area (TPSA) is 105 Å². The van der Waals surface area contributed by atoms with Crippen LogP contribution in [-0.4, -0.2) is 57.0 Å². The van der Waals surface area contributed by atoms with E-state index >= 15 is 0 Å². The lowest BCUT2D eigenvalue weighted by molar-refractivity contribution is -0.140. The highest BCUT2D eigenvalue weighted by Gasteiger charge is 2.36. The molecule has 1 atom stereocenters. The number of rotatable bonds is 12. The van der Waals surface area contributed by atoms with Crippen molar-refractivity contribution in [1.29, 1.82) is 0 Å². The van der Waals surface area contributed by atoms with Crippen LogP contribution in [0.5, 0.6) is 11.5 Å². The summed E-state index contributed by atoms with van der Waals surface area (Å²) in [5, 5.41) is 3.71. The Bertz CT molecular complexity index is 1850. The summed E-state index contributed by atoms with van der Waals surface area (Å²) in [6.07, 6.45) is 5.17. The molecule has 1 aliphatic carbocycles. The Balaban J connectivity index is 1.40. The number of sulfonamides is 1. The van der Waals surface area contributed by atoms with Crippen molar-refractivity contribution in [3.63, 3.8) is 0 Å². The van der Waals surface area contributed by atoms with Crippen LogP contribution < -0.4 is 19.1 Å². The lowest BCUT2D eigenvalue weighted by Crippen LogP contribution is -2.55. The quantitative estimate of drug-likeness (QED) is 0.184. The Labute approximate surface area is 292 Å². The predicted octanol–water partition coefficient (Wildman–Crippen LogP) is 6.40. The van der Waals surface area contributed by atoms with Crippen molar-refractivity contribution in [2.45, 2.75) is 62.0 Å². The van der Waals surface area contributed by atoms with E-state index in [4.69, 9.17) is 21.1 Å². The Hall–Kier alpha value is -4.54. The van der Waals surface area contributed by atoms with Gasteiger partial charge in [0.1, 0.15) is 25.8 Å². The maximum atomic E-state index is 14.8. The second kappa shape index (κ2) is 15.8. The fraction of sp³-hybridized carbons (Fsp3) is 0.316. The Morgan fingerprint density at radius 1 is 0.796 bits per heavy atom. The number of hydrogen-bond donors (Lipinski definition) is 1. The van der Waals surface area contributed by atoms with Gasteiger partial charge in [-0.25, -0.2) is 8.42 Å². The van der Waals surface area contributed by atoms with E-state index in [-0.39, 0.29) is 35.5 Å². The molecule has 4 aromatic carbocycles. The van der Waals surface area contributed by atoms with Crippen LogP contribution in [0.1, 0.15) is 43.2 Å². The first-order chi connectivity index (χ1) is 23.8. The number of hydrogen-bond acceptors (Lipinski definition) is 6. The third kappa shape index (κ3) is 8.55. The van der Waals surface area contributed by atoms with E-state index in [1.807, 2.05) is 36.4 Å². The first kappa shape index (κ1) is 34.3. The molecule has 1 N–H and O–H groups in total. The highest BCUT2D eigenvalue weighted by molar-refractivity contribution is 7.92. The monoisotopic (exact) mass is 701 g/mol. The molecule has 0 saturated heterocycles. The SMILES string of the molecule is O=C(NC1CCCCC1)[C@H](Cc1ccccc1)N(Cc1cccc(Cl)c1)C(=O)CN(c1ccc2c(c1)OCCO2)S(=O)(=O)c1ccccc1. The molecule has 0 bridgehead atoms. The van der Waals surface area contributed by atoms with Gasteiger partial charge in [0.15, 0.2) is 11.5 Å². The molecule has 6 rings (SSSR count). The number of carbonyl (C=O) groups excluding carboxylic acids is 2. The van der Waals surface area contributed by atoms with E-state index in [0.717, 1.165) is 42.0 Å². The molecule has 11 heteroatoms. The molecule has 2 aliphatic rings. The van der Waals surface area contributed by atoms with Crippen molar-refractivity contribution < 1.29 is 27.5 Å². The first-order valence-corrected chi connectivity index (χ1v) is 18.5. The number of amides is 2. The highest BCUT2D eigenvalue weighted by Crippen LogP contribution is 2.36. The van der Waals surface area contributed by atoms with Crippen LogP contribution in [0.3, 0.4) is 0 Å². The predicted molar refractivity (Wildman–Crippen MR) is 189 cm³/mol. The second-order valence-corrected chi connectivity index (χ2v) is 14.7. The van der Waals surface area contributed by atoms with Crippen LogP contribution in [0.25, 0.3) is 0 Å². The zero-order valence-corrected chi connectivity index (χ0v) is 28.7. The minimum absolute atomic E-state index is 0.00955. The van der Waals surface area contributed by atoms with Crippen LogP contribution in [0.2, 0.25) is 5.02 Å². The van der Waals surface area contributed by atoms with Crippen molar-refractivity contribution in [3.05, 3.63) is 119 Å². The molecule has 49 heavy (non-hydrogen) atoms. The van der Waals surface area contributed by atoms with Gasteiger partial charge in [-0.2, -0.15) is 0 Å². The van der Waals surface area contributed by atoms with Gasteiger partial charge in [0, 0.05) is 30.1 Å². The maximum Gasteiger partial charge on any atom is 0.264 e. The van der Waals surface area contributed by atoms with Gasteiger partial charge < -0.3 is 19.7 Å². The normalized spacial score (nSPS) is 15.2. The van der Waals surface area contributed by atoms with Gasteiger partial charge in [-0.1, -0.05) is 91.5 Å². The summed E-state index contributed by atoms with van der Waals surface area (Å²) in [5.74, 6) is 0.0503. The number of anilines is 1. The molecule has 0 spiro atoms. The summed E-state index contributed by atoms with van der Waals surface area (Å²) in [6, 6.07) is 28.5. The van der Waals surface area contributed by atoms with E-state index in [1.165, 1.54) is 17.0 Å². The molecule has 0 unspecified atom stereocenters. The summed E-state index contributed by atoms with van der Waals surface area (Å²) in [7, 11) is -4.25. The molecule has 0 aromatic heterocycles. The van der Waals surface area contributed by atoms with Crippen LogP contribution in [0.15, 0.2) is 108 Å². The van der Waals surface area contributed by atoms with Crippen molar-refractivity contribution in [3.8, 4) is 11.5 Å². The van der Waals surface area contributed by atoms with Gasteiger partial charge in [0.05, 0.1) is 10.6 Å². The molecule has 256 valence electrons. The van der Waals surface area contributed by atoms with Crippen molar-refractivity contribution in [2.24, 2.45) is 0 Å².